The number of nitriles is 1. The van der Waals surface area contributed by atoms with Crippen LogP contribution in [0.1, 0.15) is 33.8 Å². The topological polar surface area (TPSA) is 61.6 Å². The number of hydrogen-bond acceptors (Lipinski definition) is 5. The van der Waals surface area contributed by atoms with Crippen LogP contribution in [0.5, 0.6) is 0 Å². The van der Waals surface area contributed by atoms with Crippen LogP contribution in [0.25, 0.3) is 0 Å². The lowest BCUT2D eigenvalue weighted by atomic mass is 10.2. The average Bonchev–Trinajstić information content (AvgIpc) is 2.81. The molecule has 104 valence electrons. The molecule has 2 aromatic rings. The zero-order chi connectivity index (χ0) is 14.5. The Hall–Kier alpha value is -1.93. The summed E-state index contributed by atoms with van der Waals surface area (Å²) in [5, 5.41) is 13.4. The van der Waals surface area contributed by atoms with Crippen molar-refractivity contribution in [2.75, 3.05) is 11.9 Å². The van der Waals surface area contributed by atoms with Crippen LogP contribution in [-0.2, 0) is 12.8 Å². The van der Waals surface area contributed by atoms with Crippen molar-refractivity contribution in [3.63, 3.8) is 0 Å². The molecular weight excluding hydrogens is 268 g/mol. The standard InChI is InChI=1S/C15H18N4S/c1-4-12-11(3)20-15(19-12)7-8-17-14-6-5-10(2)13(9-16)18-14/h5-6H,4,7-8H2,1-3H3,(H,17,18). The zero-order valence-electron chi connectivity index (χ0n) is 12.0. The van der Waals surface area contributed by atoms with Crippen molar-refractivity contribution in [3.8, 4) is 6.07 Å². The molecule has 5 heteroatoms. The highest BCUT2D eigenvalue weighted by molar-refractivity contribution is 7.11. The summed E-state index contributed by atoms with van der Waals surface area (Å²) < 4.78 is 0. The van der Waals surface area contributed by atoms with Gasteiger partial charge in [-0.1, -0.05) is 13.0 Å². The van der Waals surface area contributed by atoms with Gasteiger partial charge in [-0.25, -0.2) is 9.97 Å². The third kappa shape index (κ3) is 3.34. The summed E-state index contributed by atoms with van der Waals surface area (Å²) in [4.78, 5) is 10.2. The molecule has 1 N–H and O–H groups in total. The number of aryl methyl sites for hydroxylation is 3. The van der Waals surface area contributed by atoms with E-state index in [-0.39, 0.29) is 0 Å². The van der Waals surface area contributed by atoms with Gasteiger partial charge in [0, 0.05) is 17.8 Å². The maximum absolute atomic E-state index is 8.96. The van der Waals surface area contributed by atoms with Crippen LogP contribution >= 0.6 is 11.3 Å². The molecule has 0 aromatic carbocycles. The highest BCUT2D eigenvalue weighted by atomic mass is 32.1. The van der Waals surface area contributed by atoms with Crippen molar-refractivity contribution in [2.24, 2.45) is 0 Å². The Balaban J connectivity index is 1.94. The van der Waals surface area contributed by atoms with Gasteiger partial charge < -0.3 is 5.32 Å². The van der Waals surface area contributed by atoms with Gasteiger partial charge in [0.1, 0.15) is 17.6 Å². The third-order valence-electron chi connectivity index (χ3n) is 3.12. The molecule has 0 saturated heterocycles. The minimum atomic E-state index is 0.480. The molecule has 2 aromatic heterocycles. The smallest absolute Gasteiger partial charge is 0.145 e. The molecule has 0 fully saturated rings. The second-order valence-corrected chi connectivity index (χ2v) is 5.90. The molecule has 0 radical (unpaired) electrons. The normalized spacial score (nSPS) is 10.3. The lowest BCUT2D eigenvalue weighted by Gasteiger charge is -2.05. The number of anilines is 1. The number of hydrogen-bond donors (Lipinski definition) is 1. The van der Waals surface area contributed by atoms with E-state index in [9.17, 15) is 0 Å². The Morgan fingerprint density at radius 3 is 2.75 bits per heavy atom. The Labute approximate surface area is 123 Å². The van der Waals surface area contributed by atoms with Gasteiger partial charge in [-0.05, 0) is 31.9 Å². The van der Waals surface area contributed by atoms with Crippen LogP contribution < -0.4 is 5.32 Å². The predicted octanol–water partition coefficient (Wildman–Crippen LogP) is 3.24. The molecule has 0 atom stereocenters. The molecular formula is C15H18N4S. The highest BCUT2D eigenvalue weighted by Crippen LogP contribution is 2.18. The zero-order valence-corrected chi connectivity index (χ0v) is 12.8. The molecule has 20 heavy (non-hydrogen) atoms. The maximum atomic E-state index is 8.96. The fraction of sp³-hybridized carbons (Fsp3) is 0.400. The highest BCUT2D eigenvalue weighted by Gasteiger charge is 2.06. The number of nitrogens with one attached hydrogen (secondary N) is 1. The SMILES string of the molecule is CCc1nc(CCNc2ccc(C)c(C#N)n2)sc1C. The van der Waals surface area contributed by atoms with Gasteiger partial charge >= 0.3 is 0 Å². The number of aromatic nitrogens is 2. The minimum Gasteiger partial charge on any atom is -0.370 e. The first-order valence-corrected chi connectivity index (χ1v) is 7.52. The molecule has 4 nitrogen and oxygen atoms in total. The summed E-state index contributed by atoms with van der Waals surface area (Å²) in [6.45, 7) is 6.91. The molecule has 0 spiro atoms. The number of nitrogens with zero attached hydrogens (tertiary/aromatic N) is 3. The number of pyridine rings is 1. The second kappa shape index (κ2) is 6.49. The molecule has 2 heterocycles. The van der Waals surface area contributed by atoms with Crippen LogP contribution in [0.15, 0.2) is 12.1 Å². The first-order valence-electron chi connectivity index (χ1n) is 6.70. The molecule has 0 aliphatic rings. The minimum absolute atomic E-state index is 0.480. The van der Waals surface area contributed by atoms with E-state index in [1.807, 2.05) is 19.1 Å². The summed E-state index contributed by atoms with van der Waals surface area (Å²) in [5.74, 6) is 0.746. The third-order valence-corrected chi connectivity index (χ3v) is 4.19. The van der Waals surface area contributed by atoms with Gasteiger partial charge in [0.05, 0.1) is 10.7 Å². The molecule has 2 rings (SSSR count). The largest absolute Gasteiger partial charge is 0.370 e. The van der Waals surface area contributed by atoms with E-state index in [0.29, 0.717) is 5.69 Å². The molecule has 0 aliphatic heterocycles. The van der Waals surface area contributed by atoms with Gasteiger partial charge in [-0.3, -0.25) is 0 Å². The van der Waals surface area contributed by atoms with Crippen molar-refractivity contribution in [1.82, 2.24) is 9.97 Å². The van der Waals surface area contributed by atoms with E-state index in [4.69, 9.17) is 5.26 Å². The van der Waals surface area contributed by atoms with Gasteiger partial charge in [-0.15, -0.1) is 11.3 Å². The predicted molar refractivity (Wildman–Crippen MR) is 82.1 cm³/mol. The number of rotatable bonds is 5. The van der Waals surface area contributed by atoms with E-state index in [1.165, 1.54) is 10.6 Å². The van der Waals surface area contributed by atoms with Crippen molar-refractivity contribution < 1.29 is 0 Å². The van der Waals surface area contributed by atoms with Crippen LogP contribution in [0.2, 0.25) is 0 Å². The fourth-order valence-electron chi connectivity index (χ4n) is 1.96. The van der Waals surface area contributed by atoms with Crippen LogP contribution in [0.3, 0.4) is 0 Å². The first-order chi connectivity index (χ1) is 9.63. The van der Waals surface area contributed by atoms with E-state index >= 15 is 0 Å². The average molecular weight is 286 g/mol. The van der Waals surface area contributed by atoms with E-state index in [0.717, 1.165) is 35.8 Å². The second-order valence-electron chi connectivity index (χ2n) is 4.61. The van der Waals surface area contributed by atoms with Crippen LogP contribution in [0, 0.1) is 25.2 Å². The Kier molecular flexibility index (Phi) is 4.70. The lowest BCUT2D eigenvalue weighted by Crippen LogP contribution is -2.07. The molecule has 0 amide bonds. The van der Waals surface area contributed by atoms with Gasteiger partial charge in [-0.2, -0.15) is 5.26 Å². The fourth-order valence-corrected chi connectivity index (χ4v) is 2.98. The number of thiazole rings is 1. The van der Waals surface area contributed by atoms with Crippen molar-refractivity contribution in [3.05, 3.63) is 39.0 Å². The van der Waals surface area contributed by atoms with Gasteiger partial charge in [0.2, 0.25) is 0 Å². The summed E-state index contributed by atoms with van der Waals surface area (Å²) in [7, 11) is 0. The summed E-state index contributed by atoms with van der Waals surface area (Å²) >= 11 is 1.76. The van der Waals surface area contributed by atoms with Crippen molar-refractivity contribution >= 4 is 17.2 Å². The summed E-state index contributed by atoms with van der Waals surface area (Å²) in [6, 6.07) is 5.92. The molecule has 0 saturated carbocycles. The molecule has 0 unspecified atom stereocenters. The van der Waals surface area contributed by atoms with E-state index in [2.05, 4.69) is 35.2 Å². The van der Waals surface area contributed by atoms with Crippen LogP contribution in [0.4, 0.5) is 5.82 Å². The molecule has 0 aliphatic carbocycles. The monoisotopic (exact) mass is 286 g/mol. The Bertz CT molecular complexity index is 640. The summed E-state index contributed by atoms with van der Waals surface area (Å²) in [5.41, 5.74) is 2.58. The van der Waals surface area contributed by atoms with Gasteiger partial charge in [0.25, 0.3) is 0 Å². The quantitative estimate of drug-likeness (QED) is 0.916. The molecule has 0 bridgehead atoms. The van der Waals surface area contributed by atoms with Gasteiger partial charge in [0.15, 0.2) is 0 Å². The van der Waals surface area contributed by atoms with Crippen LogP contribution in [-0.4, -0.2) is 16.5 Å². The Morgan fingerprint density at radius 1 is 1.30 bits per heavy atom. The van der Waals surface area contributed by atoms with E-state index < -0.39 is 0 Å². The first kappa shape index (κ1) is 14.5. The lowest BCUT2D eigenvalue weighted by molar-refractivity contribution is 0.950. The van der Waals surface area contributed by atoms with Crippen molar-refractivity contribution in [1.29, 1.82) is 5.26 Å². The Morgan fingerprint density at radius 2 is 2.10 bits per heavy atom. The summed E-state index contributed by atoms with van der Waals surface area (Å²) in [6.07, 6.45) is 1.86. The van der Waals surface area contributed by atoms with E-state index in [1.54, 1.807) is 11.3 Å². The van der Waals surface area contributed by atoms with Crippen molar-refractivity contribution in [2.45, 2.75) is 33.6 Å². The maximum Gasteiger partial charge on any atom is 0.145 e.